The number of aromatic nitrogens is 4. The molecule has 0 unspecified atom stereocenters. The van der Waals surface area contributed by atoms with Gasteiger partial charge < -0.3 is 29.9 Å². The van der Waals surface area contributed by atoms with Gasteiger partial charge in [0.05, 0.1) is 37.7 Å². The summed E-state index contributed by atoms with van der Waals surface area (Å²) in [4.78, 5) is 23.1. The summed E-state index contributed by atoms with van der Waals surface area (Å²) < 4.78 is 26.7. The van der Waals surface area contributed by atoms with E-state index in [0.29, 0.717) is 23.7 Å². The van der Waals surface area contributed by atoms with E-state index in [9.17, 15) is 19.4 Å². The van der Waals surface area contributed by atoms with Crippen LogP contribution in [0.25, 0.3) is 5.65 Å². The topological polar surface area (TPSA) is 134 Å². The number of β-amino-alcohol motifs (C(OH)–C–C–N with tert-alkyl or cyclic N) is 2. The highest BCUT2D eigenvalue weighted by molar-refractivity contribution is 5.99. The SMILES string of the molecule is C[C@@H]1COc2cn3ncc4c3nc2N1Cc1cc(F)cnc1OCC(O)(O)CNC4=O. The Morgan fingerprint density at radius 1 is 1.32 bits per heavy atom. The van der Waals surface area contributed by atoms with E-state index in [-0.39, 0.29) is 29.7 Å². The van der Waals surface area contributed by atoms with Gasteiger partial charge in [-0.25, -0.2) is 18.9 Å². The summed E-state index contributed by atoms with van der Waals surface area (Å²) in [5.74, 6) is -2.55. The third kappa shape index (κ3) is 3.49. The molecule has 0 radical (unpaired) electrons. The Labute approximate surface area is 175 Å². The van der Waals surface area contributed by atoms with Crippen LogP contribution in [0.1, 0.15) is 22.8 Å². The van der Waals surface area contributed by atoms with Crippen LogP contribution in [0, 0.1) is 5.82 Å². The molecule has 1 amide bonds. The number of halogens is 1. The Bertz CT molecular complexity index is 1180. The number of amides is 1. The van der Waals surface area contributed by atoms with E-state index in [1.165, 1.54) is 16.8 Å². The van der Waals surface area contributed by atoms with Crippen molar-refractivity contribution < 1.29 is 28.9 Å². The molecule has 162 valence electrons. The average molecular weight is 430 g/mol. The highest BCUT2D eigenvalue weighted by Crippen LogP contribution is 2.35. The van der Waals surface area contributed by atoms with E-state index in [1.54, 1.807) is 6.20 Å². The van der Waals surface area contributed by atoms with Crippen molar-refractivity contribution in [2.45, 2.75) is 25.3 Å². The number of aliphatic hydroxyl groups is 2. The van der Waals surface area contributed by atoms with E-state index in [0.717, 1.165) is 6.20 Å². The number of ether oxygens (including phenoxy) is 2. The lowest BCUT2D eigenvalue weighted by Crippen LogP contribution is -2.47. The normalized spacial score (nSPS) is 20.5. The quantitative estimate of drug-likeness (QED) is 0.416. The smallest absolute Gasteiger partial charge is 0.256 e. The molecular formula is C19H19FN6O5. The molecule has 11 nitrogen and oxygen atoms in total. The molecule has 5 heterocycles. The molecule has 5 rings (SSSR count). The number of hydrogen-bond acceptors (Lipinski definition) is 9. The average Bonchev–Trinajstić information content (AvgIpc) is 3.15. The zero-order valence-electron chi connectivity index (χ0n) is 16.4. The van der Waals surface area contributed by atoms with Crippen molar-refractivity contribution in [1.82, 2.24) is 24.9 Å². The first-order chi connectivity index (χ1) is 14.8. The first kappa shape index (κ1) is 19.5. The number of pyridine rings is 1. The number of hydrogen-bond donors (Lipinski definition) is 3. The standard InChI is InChI=1S/C19H19FN6O5/c1-10-7-30-14-6-26-15-13(4-23-26)17(27)22-8-19(28,29)9-31-18-11(2-12(20)3-21-18)5-25(10)16(14)24-15/h2-4,6,10,28-29H,5,7-9H2,1H3,(H,22,27)/t10-/m1/s1. The van der Waals surface area contributed by atoms with Crippen LogP contribution in [0.5, 0.6) is 11.6 Å². The first-order valence-electron chi connectivity index (χ1n) is 9.59. The van der Waals surface area contributed by atoms with Crippen molar-refractivity contribution in [2.75, 3.05) is 24.7 Å². The number of carbonyl (C=O) groups excluding carboxylic acids is 1. The molecule has 3 aromatic heterocycles. The van der Waals surface area contributed by atoms with Crippen molar-refractivity contribution in [3.8, 4) is 11.6 Å². The maximum atomic E-state index is 14.0. The Kier molecular flexibility index (Phi) is 4.41. The van der Waals surface area contributed by atoms with Gasteiger partial charge in [-0.3, -0.25) is 4.79 Å². The van der Waals surface area contributed by atoms with Gasteiger partial charge in [0.1, 0.15) is 24.6 Å². The molecule has 0 aliphatic carbocycles. The lowest BCUT2D eigenvalue weighted by molar-refractivity contribution is -0.176. The second-order valence-electron chi connectivity index (χ2n) is 7.61. The van der Waals surface area contributed by atoms with Crippen LogP contribution in [0.2, 0.25) is 0 Å². The van der Waals surface area contributed by atoms with Gasteiger partial charge in [0, 0.05) is 5.56 Å². The summed E-state index contributed by atoms with van der Waals surface area (Å²) in [6.07, 6.45) is 3.93. The molecule has 0 aromatic carbocycles. The second kappa shape index (κ2) is 7.03. The third-order valence-corrected chi connectivity index (χ3v) is 5.17. The van der Waals surface area contributed by atoms with Crippen molar-refractivity contribution in [1.29, 1.82) is 0 Å². The number of anilines is 1. The zero-order chi connectivity index (χ0) is 21.8. The van der Waals surface area contributed by atoms with Crippen LogP contribution >= 0.6 is 0 Å². The second-order valence-corrected chi connectivity index (χ2v) is 7.61. The van der Waals surface area contributed by atoms with Crippen LogP contribution in [-0.4, -0.2) is 67.3 Å². The van der Waals surface area contributed by atoms with E-state index in [1.807, 2.05) is 11.8 Å². The minimum atomic E-state index is -2.38. The summed E-state index contributed by atoms with van der Waals surface area (Å²) in [5, 5.41) is 27.0. The van der Waals surface area contributed by atoms with Crippen molar-refractivity contribution in [2.24, 2.45) is 0 Å². The van der Waals surface area contributed by atoms with Gasteiger partial charge in [-0.1, -0.05) is 0 Å². The predicted octanol–water partition coefficient (Wildman–Crippen LogP) is -0.146. The number of rotatable bonds is 0. The molecule has 0 spiro atoms. The molecule has 31 heavy (non-hydrogen) atoms. The molecule has 1 atom stereocenters. The summed E-state index contributed by atoms with van der Waals surface area (Å²) in [5.41, 5.74) is 0.821. The van der Waals surface area contributed by atoms with Crippen LogP contribution in [-0.2, 0) is 6.54 Å². The zero-order valence-corrected chi connectivity index (χ0v) is 16.4. The van der Waals surface area contributed by atoms with Crippen LogP contribution in [0.15, 0.2) is 24.7 Å². The Balaban J connectivity index is 1.68. The number of carbonyl (C=O) groups is 1. The van der Waals surface area contributed by atoms with Crippen LogP contribution < -0.4 is 19.7 Å². The van der Waals surface area contributed by atoms with E-state index >= 15 is 0 Å². The van der Waals surface area contributed by atoms with E-state index in [2.05, 4.69) is 20.4 Å². The number of fused-ring (bicyclic) bond motifs is 1. The van der Waals surface area contributed by atoms with Gasteiger partial charge in [0.2, 0.25) is 11.7 Å². The monoisotopic (exact) mass is 430 g/mol. The van der Waals surface area contributed by atoms with E-state index < -0.39 is 30.7 Å². The molecule has 3 N–H and O–H groups in total. The molecular weight excluding hydrogens is 411 g/mol. The van der Waals surface area contributed by atoms with Gasteiger partial charge in [0.15, 0.2) is 17.2 Å². The van der Waals surface area contributed by atoms with Crippen molar-refractivity contribution in [3.63, 3.8) is 0 Å². The van der Waals surface area contributed by atoms with E-state index in [4.69, 9.17) is 9.47 Å². The Morgan fingerprint density at radius 2 is 2.16 bits per heavy atom. The summed E-state index contributed by atoms with van der Waals surface area (Å²) >= 11 is 0. The van der Waals surface area contributed by atoms with Crippen LogP contribution in [0.4, 0.5) is 10.2 Å². The maximum Gasteiger partial charge on any atom is 0.256 e. The molecule has 3 aromatic rings. The predicted molar refractivity (Wildman–Crippen MR) is 103 cm³/mol. The highest BCUT2D eigenvalue weighted by Gasteiger charge is 2.32. The van der Waals surface area contributed by atoms with Gasteiger partial charge in [-0.2, -0.15) is 5.10 Å². The summed E-state index contributed by atoms with van der Waals surface area (Å²) in [6.45, 7) is 1.33. The molecule has 0 saturated carbocycles. The molecule has 12 heteroatoms. The fraction of sp³-hybridized carbons (Fsp3) is 0.368. The molecule has 2 bridgehead atoms. The molecule has 0 fully saturated rings. The Hall–Kier alpha value is -3.51. The third-order valence-electron chi connectivity index (χ3n) is 5.17. The minimum absolute atomic E-state index is 0.0450. The number of nitrogens with one attached hydrogen (secondary N) is 1. The fourth-order valence-electron chi connectivity index (χ4n) is 3.54. The van der Waals surface area contributed by atoms with Gasteiger partial charge in [-0.15, -0.1) is 0 Å². The fourth-order valence-corrected chi connectivity index (χ4v) is 3.54. The lowest BCUT2D eigenvalue weighted by Gasteiger charge is -2.36. The first-order valence-corrected chi connectivity index (χ1v) is 9.59. The minimum Gasteiger partial charge on any atom is -0.486 e. The largest absolute Gasteiger partial charge is 0.486 e. The van der Waals surface area contributed by atoms with Gasteiger partial charge in [-0.05, 0) is 13.0 Å². The van der Waals surface area contributed by atoms with Crippen molar-refractivity contribution in [3.05, 3.63) is 41.6 Å². The molecule has 2 aliphatic heterocycles. The summed E-state index contributed by atoms with van der Waals surface area (Å²) in [7, 11) is 0. The lowest BCUT2D eigenvalue weighted by atomic mass is 10.1. The number of nitrogens with zero attached hydrogens (tertiary/aromatic N) is 5. The van der Waals surface area contributed by atoms with Crippen molar-refractivity contribution >= 4 is 17.4 Å². The summed E-state index contributed by atoms with van der Waals surface area (Å²) in [6, 6.07) is 1.14. The van der Waals surface area contributed by atoms with Crippen LogP contribution in [0.3, 0.4) is 0 Å². The maximum absolute atomic E-state index is 14.0. The highest BCUT2D eigenvalue weighted by atomic mass is 19.1. The molecule has 2 aliphatic rings. The molecule has 0 saturated heterocycles. The van der Waals surface area contributed by atoms with Gasteiger partial charge >= 0.3 is 0 Å². The van der Waals surface area contributed by atoms with Gasteiger partial charge in [0.25, 0.3) is 5.91 Å². The Morgan fingerprint density at radius 3 is 3.00 bits per heavy atom.